The molecule has 1 rings (SSSR count). The molecule has 0 saturated carbocycles. The minimum absolute atomic E-state index is 0.0442. The molecule has 0 aliphatic heterocycles. The predicted octanol–water partition coefficient (Wildman–Crippen LogP) is 1.88. The fraction of sp³-hybridized carbons (Fsp3) is 0.500. The van der Waals surface area contributed by atoms with E-state index >= 15 is 0 Å². The maximum Gasteiger partial charge on any atom is 0.153 e. The molecule has 0 amide bonds. The number of benzene rings is 1. The van der Waals surface area contributed by atoms with E-state index in [1.165, 1.54) is 18.2 Å². The van der Waals surface area contributed by atoms with Gasteiger partial charge < -0.3 is 5.32 Å². The van der Waals surface area contributed by atoms with Crippen molar-refractivity contribution in [3.05, 3.63) is 35.4 Å². The average molecular weight is 277 g/mol. The fourth-order valence-corrected chi connectivity index (χ4v) is 1.69. The van der Waals surface area contributed by atoms with Crippen LogP contribution >= 0.6 is 0 Å². The smallest absolute Gasteiger partial charge is 0.153 e. The molecule has 0 fully saturated rings. The van der Waals surface area contributed by atoms with Crippen molar-refractivity contribution in [2.75, 3.05) is 12.8 Å². The summed E-state index contributed by atoms with van der Waals surface area (Å²) in [5.41, 5.74) is -0.0817. The molecule has 0 unspecified atom stereocenters. The Kier molecular flexibility index (Phi) is 4.45. The molecule has 0 spiro atoms. The quantitative estimate of drug-likeness (QED) is 0.894. The summed E-state index contributed by atoms with van der Waals surface area (Å²) in [6, 6.07) is 3.62. The minimum atomic E-state index is -3.23. The topological polar surface area (TPSA) is 46.2 Å². The molecule has 0 aliphatic rings. The van der Waals surface area contributed by atoms with Gasteiger partial charge in [0.05, 0.1) is 4.75 Å². The number of hydrogen-bond donors (Lipinski definition) is 1. The molecule has 6 heteroatoms. The third-order valence-corrected chi connectivity index (χ3v) is 5.07. The summed E-state index contributed by atoms with van der Waals surface area (Å²) >= 11 is 0. The molecule has 0 radical (unpaired) electrons. The van der Waals surface area contributed by atoms with Crippen LogP contribution in [0.5, 0.6) is 0 Å². The number of hydrogen-bond acceptors (Lipinski definition) is 3. The van der Waals surface area contributed by atoms with E-state index in [4.69, 9.17) is 0 Å². The standard InChI is InChI=1S/C12H17F2NO2S/c1-12(2,18(3,16)17)8-15-7-9-10(13)5-4-6-11(9)14/h4-6,15H,7-8H2,1-3H3. The first-order valence-corrected chi connectivity index (χ1v) is 7.37. The number of sulfone groups is 1. The highest BCUT2D eigenvalue weighted by atomic mass is 32.2. The van der Waals surface area contributed by atoms with Crippen LogP contribution in [0, 0.1) is 11.6 Å². The van der Waals surface area contributed by atoms with Crippen LogP contribution in [0.15, 0.2) is 18.2 Å². The Morgan fingerprint density at radius 3 is 2.17 bits per heavy atom. The molecule has 18 heavy (non-hydrogen) atoms. The third-order valence-electron chi connectivity index (χ3n) is 2.92. The number of halogens is 2. The summed E-state index contributed by atoms with van der Waals surface area (Å²) in [7, 11) is -3.23. The first-order valence-electron chi connectivity index (χ1n) is 5.48. The zero-order valence-corrected chi connectivity index (χ0v) is 11.4. The third kappa shape index (κ3) is 3.49. The zero-order chi connectivity index (χ0) is 14.0. The molecular weight excluding hydrogens is 260 g/mol. The van der Waals surface area contributed by atoms with Crippen LogP contribution in [-0.2, 0) is 16.4 Å². The predicted molar refractivity (Wildman–Crippen MR) is 67.0 cm³/mol. The lowest BCUT2D eigenvalue weighted by atomic mass is 10.1. The normalized spacial score (nSPS) is 12.7. The van der Waals surface area contributed by atoms with E-state index in [-0.39, 0.29) is 18.7 Å². The molecular formula is C12H17F2NO2S. The van der Waals surface area contributed by atoms with Crippen LogP contribution in [0.2, 0.25) is 0 Å². The van der Waals surface area contributed by atoms with Crippen molar-refractivity contribution in [3.63, 3.8) is 0 Å². The Hall–Kier alpha value is -1.01. The largest absolute Gasteiger partial charge is 0.311 e. The van der Waals surface area contributed by atoms with Crippen LogP contribution in [0.4, 0.5) is 8.78 Å². The highest BCUT2D eigenvalue weighted by Crippen LogP contribution is 2.15. The highest BCUT2D eigenvalue weighted by molar-refractivity contribution is 7.92. The summed E-state index contributed by atoms with van der Waals surface area (Å²) in [6.07, 6.45) is 1.14. The first-order chi connectivity index (χ1) is 8.15. The van der Waals surface area contributed by atoms with Gasteiger partial charge in [-0.3, -0.25) is 0 Å². The molecule has 0 aliphatic carbocycles. The first kappa shape index (κ1) is 15.0. The van der Waals surface area contributed by atoms with Gasteiger partial charge in [0.2, 0.25) is 0 Å². The lowest BCUT2D eigenvalue weighted by molar-refractivity contribution is 0.500. The molecule has 0 heterocycles. The molecule has 1 N–H and O–H groups in total. The molecule has 0 bridgehead atoms. The fourth-order valence-electron chi connectivity index (χ4n) is 1.32. The van der Waals surface area contributed by atoms with Crippen LogP contribution in [0.1, 0.15) is 19.4 Å². The summed E-state index contributed by atoms with van der Waals surface area (Å²) in [5.74, 6) is -1.28. The van der Waals surface area contributed by atoms with Crippen molar-refractivity contribution in [1.29, 1.82) is 0 Å². The van der Waals surface area contributed by atoms with E-state index in [0.717, 1.165) is 6.26 Å². The van der Waals surface area contributed by atoms with E-state index in [1.54, 1.807) is 13.8 Å². The minimum Gasteiger partial charge on any atom is -0.311 e. The van der Waals surface area contributed by atoms with Crippen molar-refractivity contribution in [2.24, 2.45) is 0 Å². The van der Waals surface area contributed by atoms with Crippen molar-refractivity contribution >= 4 is 9.84 Å². The van der Waals surface area contributed by atoms with E-state index in [2.05, 4.69) is 5.32 Å². The monoisotopic (exact) mass is 277 g/mol. The Morgan fingerprint density at radius 2 is 1.72 bits per heavy atom. The van der Waals surface area contributed by atoms with Crippen LogP contribution in [0.25, 0.3) is 0 Å². The van der Waals surface area contributed by atoms with Crippen LogP contribution in [0.3, 0.4) is 0 Å². The summed E-state index contributed by atoms with van der Waals surface area (Å²) in [4.78, 5) is 0. The van der Waals surface area contributed by atoms with Gasteiger partial charge in [-0.25, -0.2) is 17.2 Å². The Labute approximate surface area is 106 Å². The second kappa shape index (κ2) is 5.32. The number of rotatable bonds is 5. The van der Waals surface area contributed by atoms with Gasteiger partial charge in [0, 0.05) is 24.9 Å². The van der Waals surface area contributed by atoms with Gasteiger partial charge in [0.15, 0.2) is 9.84 Å². The zero-order valence-electron chi connectivity index (χ0n) is 10.6. The molecule has 0 aromatic heterocycles. The molecule has 1 aromatic rings. The van der Waals surface area contributed by atoms with Gasteiger partial charge in [0.1, 0.15) is 11.6 Å². The Bertz CT molecular complexity index is 507. The molecule has 0 saturated heterocycles. The van der Waals surface area contributed by atoms with Gasteiger partial charge >= 0.3 is 0 Å². The SMILES string of the molecule is CC(C)(CNCc1c(F)cccc1F)S(C)(=O)=O. The van der Waals surface area contributed by atoms with Crippen LogP contribution in [-0.4, -0.2) is 26.0 Å². The Morgan fingerprint density at radius 1 is 1.22 bits per heavy atom. The van der Waals surface area contributed by atoms with E-state index in [1.807, 2.05) is 0 Å². The second-order valence-electron chi connectivity index (χ2n) is 4.84. The lowest BCUT2D eigenvalue weighted by Crippen LogP contribution is -2.41. The molecule has 0 atom stereocenters. The maximum absolute atomic E-state index is 13.3. The maximum atomic E-state index is 13.3. The summed E-state index contributed by atoms with van der Waals surface area (Å²) in [5, 5.41) is 2.77. The van der Waals surface area contributed by atoms with Crippen LogP contribution < -0.4 is 5.32 Å². The lowest BCUT2D eigenvalue weighted by Gasteiger charge is -2.23. The average Bonchev–Trinajstić information content (AvgIpc) is 2.20. The van der Waals surface area contributed by atoms with Gasteiger partial charge in [-0.2, -0.15) is 0 Å². The summed E-state index contributed by atoms with van der Waals surface area (Å²) in [6.45, 7) is 3.21. The van der Waals surface area contributed by atoms with Gasteiger partial charge in [0.25, 0.3) is 0 Å². The van der Waals surface area contributed by atoms with Crippen molar-refractivity contribution < 1.29 is 17.2 Å². The van der Waals surface area contributed by atoms with E-state index in [9.17, 15) is 17.2 Å². The van der Waals surface area contributed by atoms with Gasteiger partial charge in [-0.05, 0) is 26.0 Å². The van der Waals surface area contributed by atoms with E-state index in [0.29, 0.717) is 0 Å². The van der Waals surface area contributed by atoms with Crippen molar-refractivity contribution in [2.45, 2.75) is 25.1 Å². The van der Waals surface area contributed by atoms with Gasteiger partial charge in [-0.1, -0.05) is 6.07 Å². The molecule has 1 aromatic carbocycles. The molecule has 102 valence electrons. The molecule has 3 nitrogen and oxygen atoms in total. The second-order valence-corrected chi connectivity index (χ2v) is 7.49. The van der Waals surface area contributed by atoms with Crippen molar-refractivity contribution in [3.8, 4) is 0 Å². The van der Waals surface area contributed by atoms with Crippen molar-refractivity contribution in [1.82, 2.24) is 5.32 Å². The van der Waals surface area contributed by atoms with Gasteiger partial charge in [-0.15, -0.1) is 0 Å². The highest BCUT2D eigenvalue weighted by Gasteiger charge is 2.29. The Balaban J connectivity index is 2.68. The van der Waals surface area contributed by atoms with E-state index < -0.39 is 26.2 Å². The summed E-state index contributed by atoms with van der Waals surface area (Å²) < 4.78 is 48.5. The number of nitrogens with one attached hydrogen (secondary N) is 1.